The highest BCUT2D eigenvalue weighted by atomic mass is 79.9. The summed E-state index contributed by atoms with van der Waals surface area (Å²) in [4.78, 5) is 17.3. The van der Waals surface area contributed by atoms with Crippen molar-refractivity contribution >= 4 is 53.5 Å². The van der Waals surface area contributed by atoms with Crippen molar-refractivity contribution < 1.29 is 18.3 Å². The standard InChI is InChI=1S/C10H7Br2N3O4S/c11-5-1-6(10(16)17)9(7(12)2-5)15-20(18,19)8-3-13-4-14-8/h1-4,15H,(H,13,14)(H,16,17). The Morgan fingerprint density at radius 3 is 2.60 bits per heavy atom. The molecular formula is C10H7Br2N3O4S. The van der Waals surface area contributed by atoms with Gasteiger partial charge in [0.1, 0.15) is 0 Å². The van der Waals surface area contributed by atoms with Crippen LogP contribution in [0.15, 0.2) is 38.6 Å². The number of nitrogens with one attached hydrogen (secondary N) is 2. The van der Waals surface area contributed by atoms with Crippen LogP contribution in [0.4, 0.5) is 5.69 Å². The Morgan fingerprint density at radius 1 is 1.35 bits per heavy atom. The largest absolute Gasteiger partial charge is 0.478 e. The van der Waals surface area contributed by atoms with Crippen LogP contribution in [0.2, 0.25) is 0 Å². The molecule has 0 radical (unpaired) electrons. The van der Waals surface area contributed by atoms with Gasteiger partial charge in [0, 0.05) is 8.95 Å². The number of rotatable bonds is 4. The van der Waals surface area contributed by atoms with E-state index in [2.05, 4.69) is 46.5 Å². The van der Waals surface area contributed by atoms with E-state index in [9.17, 15) is 13.2 Å². The third kappa shape index (κ3) is 3.02. The summed E-state index contributed by atoms with van der Waals surface area (Å²) < 4.78 is 27.2. The zero-order valence-corrected chi connectivity index (χ0v) is 13.6. The van der Waals surface area contributed by atoms with Gasteiger partial charge in [-0.25, -0.2) is 9.78 Å². The van der Waals surface area contributed by atoms with E-state index in [1.165, 1.54) is 18.5 Å². The van der Waals surface area contributed by atoms with Crippen LogP contribution < -0.4 is 4.72 Å². The molecule has 0 amide bonds. The van der Waals surface area contributed by atoms with E-state index in [-0.39, 0.29) is 16.3 Å². The number of sulfonamides is 1. The minimum absolute atomic E-state index is 0.0599. The molecule has 3 N–H and O–H groups in total. The number of H-pyrrole nitrogens is 1. The molecule has 0 spiro atoms. The van der Waals surface area contributed by atoms with Crippen molar-refractivity contribution in [2.45, 2.75) is 5.03 Å². The van der Waals surface area contributed by atoms with Crippen LogP contribution in [0.3, 0.4) is 0 Å². The summed E-state index contributed by atoms with van der Waals surface area (Å²) in [5.41, 5.74) is -0.246. The van der Waals surface area contributed by atoms with Gasteiger partial charge < -0.3 is 10.1 Å². The maximum Gasteiger partial charge on any atom is 0.337 e. The summed E-state index contributed by atoms with van der Waals surface area (Å²) >= 11 is 6.28. The highest BCUT2D eigenvalue weighted by molar-refractivity contribution is 9.11. The number of aromatic amines is 1. The van der Waals surface area contributed by atoms with Gasteiger partial charge in [-0.3, -0.25) is 4.72 Å². The van der Waals surface area contributed by atoms with E-state index in [1.807, 2.05) is 0 Å². The fraction of sp³-hybridized carbons (Fsp3) is 0. The molecule has 7 nitrogen and oxygen atoms in total. The van der Waals surface area contributed by atoms with Gasteiger partial charge in [0.2, 0.25) is 0 Å². The topological polar surface area (TPSA) is 112 Å². The first-order valence-corrected chi connectivity index (χ1v) is 8.11. The smallest absolute Gasteiger partial charge is 0.337 e. The van der Waals surface area contributed by atoms with Crippen molar-refractivity contribution in [3.63, 3.8) is 0 Å². The Kier molecular flexibility index (Phi) is 4.16. The molecule has 0 aliphatic rings. The molecule has 0 bridgehead atoms. The van der Waals surface area contributed by atoms with E-state index in [0.29, 0.717) is 8.95 Å². The lowest BCUT2D eigenvalue weighted by Crippen LogP contribution is -2.16. The van der Waals surface area contributed by atoms with E-state index in [0.717, 1.165) is 6.20 Å². The second-order valence-corrected chi connectivity index (χ2v) is 7.06. The number of carboxylic acids is 1. The van der Waals surface area contributed by atoms with Crippen LogP contribution in [0.25, 0.3) is 0 Å². The van der Waals surface area contributed by atoms with Crippen molar-refractivity contribution in [3.05, 3.63) is 39.2 Å². The van der Waals surface area contributed by atoms with E-state index >= 15 is 0 Å². The van der Waals surface area contributed by atoms with Gasteiger partial charge in [-0.1, -0.05) is 15.9 Å². The number of hydrogen-bond donors (Lipinski definition) is 3. The first-order chi connectivity index (χ1) is 9.31. The molecule has 2 aromatic rings. The predicted molar refractivity (Wildman–Crippen MR) is 78.2 cm³/mol. The van der Waals surface area contributed by atoms with Gasteiger partial charge in [0.05, 0.1) is 23.8 Å². The second kappa shape index (κ2) is 5.54. The number of aromatic nitrogens is 2. The fourth-order valence-electron chi connectivity index (χ4n) is 1.43. The molecule has 0 saturated carbocycles. The van der Waals surface area contributed by atoms with Gasteiger partial charge in [-0.2, -0.15) is 8.42 Å². The molecular weight excluding hydrogens is 418 g/mol. The first kappa shape index (κ1) is 15.0. The minimum Gasteiger partial charge on any atom is -0.478 e. The molecule has 2 rings (SSSR count). The van der Waals surface area contributed by atoms with Crippen molar-refractivity contribution in [1.82, 2.24) is 9.97 Å². The predicted octanol–water partition coefficient (Wildman–Crippen LogP) is 2.43. The Hall–Kier alpha value is -1.39. The maximum absolute atomic E-state index is 12.1. The first-order valence-electron chi connectivity index (χ1n) is 5.05. The van der Waals surface area contributed by atoms with Gasteiger partial charge >= 0.3 is 5.97 Å². The van der Waals surface area contributed by atoms with E-state index in [4.69, 9.17) is 5.11 Å². The molecule has 0 atom stereocenters. The molecule has 1 aromatic carbocycles. The number of benzene rings is 1. The van der Waals surface area contributed by atoms with Crippen LogP contribution in [0, 0.1) is 0 Å². The van der Waals surface area contributed by atoms with Crippen LogP contribution >= 0.6 is 31.9 Å². The molecule has 0 fully saturated rings. The lowest BCUT2D eigenvalue weighted by atomic mass is 10.2. The van der Waals surface area contributed by atoms with Gasteiger partial charge in [0.15, 0.2) is 5.03 Å². The summed E-state index contributed by atoms with van der Waals surface area (Å²) in [6.45, 7) is 0. The maximum atomic E-state index is 12.1. The SMILES string of the molecule is O=C(O)c1cc(Br)cc(Br)c1NS(=O)(=O)c1cnc[nH]1. The summed E-state index contributed by atoms with van der Waals surface area (Å²) in [7, 11) is -3.94. The summed E-state index contributed by atoms with van der Waals surface area (Å²) in [5.74, 6) is -1.26. The van der Waals surface area contributed by atoms with Crippen molar-refractivity contribution in [3.8, 4) is 0 Å². The molecule has 106 valence electrons. The number of nitrogens with zero attached hydrogens (tertiary/aromatic N) is 1. The van der Waals surface area contributed by atoms with Gasteiger partial charge in [-0.15, -0.1) is 0 Å². The monoisotopic (exact) mass is 423 g/mol. The molecule has 0 saturated heterocycles. The van der Waals surface area contributed by atoms with Crippen LogP contribution in [0.1, 0.15) is 10.4 Å². The number of carboxylic acid groups (broad SMARTS) is 1. The zero-order chi connectivity index (χ0) is 14.9. The fourth-order valence-corrected chi connectivity index (χ4v) is 3.89. The Bertz CT molecular complexity index is 759. The molecule has 1 aromatic heterocycles. The summed E-state index contributed by atoms with van der Waals surface area (Å²) in [6.07, 6.45) is 2.33. The van der Waals surface area contributed by atoms with Gasteiger partial charge in [0.25, 0.3) is 10.0 Å². The number of carbonyl (C=O) groups is 1. The zero-order valence-electron chi connectivity index (χ0n) is 9.59. The average Bonchev–Trinajstić information content (AvgIpc) is 2.86. The Morgan fingerprint density at radius 2 is 2.05 bits per heavy atom. The minimum atomic E-state index is -3.94. The summed E-state index contributed by atoms with van der Waals surface area (Å²) in [6, 6.07) is 2.84. The lowest BCUT2D eigenvalue weighted by molar-refractivity contribution is 0.0698. The number of halogens is 2. The third-order valence-corrected chi connectivity index (χ3v) is 4.64. The quantitative estimate of drug-likeness (QED) is 0.697. The van der Waals surface area contributed by atoms with Crippen molar-refractivity contribution in [1.29, 1.82) is 0 Å². The molecule has 20 heavy (non-hydrogen) atoms. The third-order valence-electron chi connectivity index (χ3n) is 2.28. The Labute approximate surface area is 130 Å². The lowest BCUT2D eigenvalue weighted by Gasteiger charge is -2.12. The van der Waals surface area contributed by atoms with E-state index < -0.39 is 16.0 Å². The van der Waals surface area contributed by atoms with Crippen LogP contribution in [-0.4, -0.2) is 29.5 Å². The van der Waals surface area contributed by atoms with Crippen LogP contribution in [-0.2, 0) is 10.0 Å². The van der Waals surface area contributed by atoms with Crippen molar-refractivity contribution in [2.24, 2.45) is 0 Å². The summed E-state index contributed by atoms with van der Waals surface area (Å²) in [5, 5.41) is 8.98. The Balaban J connectivity index is 2.52. The highest BCUT2D eigenvalue weighted by Gasteiger charge is 2.22. The van der Waals surface area contributed by atoms with Gasteiger partial charge in [-0.05, 0) is 28.1 Å². The molecule has 0 aliphatic carbocycles. The molecule has 1 heterocycles. The van der Waals surface area contributed by atoms with Crippen LogP contribution in [0.5, 0.6) is 0 Å². The number of hydrogen-bond acceptors (Lipinski definition) is 4. The highest BCUT2D eigenvalue weighted by Crippen LogP contribution is 2.32. The van der Waals surface area contributed by atoms with Crippen molar-refractivity contribution in [2.75, 3.05) is 4.72 Å². The number of aromatic carboxylic acids is 1. The number of anilines is 1. The average molecular weight is 425 g/mol. The molecule has 0 aliphatic heterocycles. The number of imidazole rings is 1. The normalized spacial score (nSPS) is 11.3. The van der Waals surface area contributed by atoms with E-state index in [1.54, 1.807) is 0 Å². The molecule has 10 heteroatoms. The second-order valence-electron chi connectivity index (χ2n) is 3.64. The molecule has 0 unspecified atom stereocenters.